The molecule has 1 aromatic heterocycles. The van der Waals surface area contributed by atoms with Crippen molar-refractivity contribution in [1.29, 1.82) is 0 Å². The molecule has 0 aliphatic carbocycles. The van der Waals surface area contributed by atoms with Gasteiger partial charge in [0, 0.05) is 22.1 Å². The van der Waals surface area contributed by atoms with Crippen LogP contribution in [-0.2, 0) is 5.41 Å². The first-order valence-corrected chi connectivity index (χ1v) is 15.7. The summed E-state index contributed by atoms with van der Waals surface area (Å²) in [6.07, 6.45) is 6.49. The summed E-state index contributed by atoms with van der Waals surface area (Å²) in [5.41, 5.74) is 11.6. The van der Waals surface area contributed by atoms with Gasteiger partial charge < -0.3 is 0 Å². The highest BCUT2D eigenvalue weighted by Gasteiger charge is 2.23. The van der Waals surface area contributed by atoms with Gasteiger partial charge in [0.05, 0.1) is 11.4 Å². The lowest BCUT2D eigenvalue weighted by molar-refractivity contribution is 0.642. The molecule has 0 fully saturated rings. The average molecular weight is 595 g/mol. The van der Waals surface area contributed by atoms with Gasteiger partial charge in [0.2, 0.25) is 0 Å². The number of hydrogen-bond acceptors (Lipinski definition) is 2. The molecule has 0 N–H and O–H groups in total. The van der Waals surface area contributed by atoms with Crippen molar-refractivity contribution in [2.45, 2.75) is 26.2 Å². The highest BCUT2D eigenvalue weighted by Crippen LogP contribution is 2.34. The molecule has 2 nitrogen and oxygen atoms in total. The van der Waals surface area contributed by atoms with E-state index in [1.165, 1.54) is 22.3 Å². The monoisotopic (exact) mass is 594 g/mol. The van der Waals surface area contributed by atoms with Gasteiger partial charge in [-0.25, -0.2) is 9.97 Å². The molecule has 1 heterocycles. The van der Waals surface area contributed by atoms with Crippen LogP contribution >= 0.6 is 0 Å². The average Bonchev–Trinajstić information content (AvgIpc) is 3.13. The molecule has 0 aliphatic heterocycles. The summed E-state index contributed by atoms with van der Waals surface area (Å²) >= 11 is 0. The molecule has 0 spiro atoms. The second-order valence-electron chi connectivity index (χ2n) is 11.9. The predicted octanol–water partition coefficient (Wildman–Crippen LogP) is 11.6. The van der Waals surface area contributed by atoms with E-state index in [0.29, 0.717) is 5.82 Å². The molecule has 0 unspecified atom stereocenters. The minimum atomic E-state index is -0.268. The maximum Gasteiger partial charge on any atom is 0.160 e. The van der Waals surface area contributed by atoms with Crippen LogP contribution in [-0.4, -0.2) is 9.97 Å². The van der Waals surface area contributed by atoms with Gasteiger partial charge in [-0.15, -0.1) is 0 Å². The normalized spacial score (nSPS) is 11.9. The lowest BCUT2D eigenvalue weighted by atomic mass is 9.77. The quantitative estimate of drug-likeness (QED) is 0.156. The summed E-state index contributed by atoms with van der Waals surface area (Å²) in [4.78, 5) is 9.92. The summed E-state index contributed by atoms with van der Waals surface area (Å²) in [5, 5.41) is 0. The zero-order chi connectivity index (χ0) is 31.9. The summed E-state index contributed by atoms with van der Waals surface area (Å²) in [7, 11) is 0. The number of allylic oxidation sites excluding steroid dienone is 5. The van der Waals surface area contributed by atoms with E-state index in [9.17, 15) is 0 Å². The molecule has 5 aromatic carbocycles. The van der Waals surface area contributed by atoms with Gasteiger partial charge >= 0.3 is 0 Å². The summed E-state index contributed by atoms with van der Waals surface area (Å²) in [6, 6.07) is 50.4. The molecule has 224 valence electrons. The Bertz CT molecular complexity index is 1940. The zero-order valence-electron chi connectivity index (χ0n) is 26.7. The third kappa shape index (κ3) is 6.72. The van der Waals surface area contributed by atoms with Crippen LogP contribution in [0.3, 0.4) is 0 Å². The molecule has 6 aromatic rings. The van der Waals surface area contributed by atoms with E-state index in [1.54, 1.807) is 0 Å². The fourth-order valence-corrected chi connectivity index (χ4v) is 5.58. The van der Waals surface area contributed by atoms with E-state index in [0.717, 1.165) is 39.2 Å². The second-order valence-corrected chi connectivity index (χ2v) is 11.9. The molecule has 0 bridgehead atoms. The number of benzene rings is 5. The van der Waals surface area contributed by atoms with Crippen LogP contribution in [0.25, 0.3) is 50.6 Å². The molecule has 0 saturated carbocycles. The standard InChI is InChI=1S/C44H38N2/c1-5-33(38-22-15-23-39(30-38)34-16-9-6-10-17-34)25-24-32(2)44(3,4)40-28-26-36(27-29-40)42-31-41(35-18-11-7-12-19-35)45-43(46-42)37-20-13-8-14-21-37/h5-31H,2H2,1,3-4H3/b25-24-,33-5+. The second kappa shape index (κ2) is 13.6. The van der Waals surface area contributed by atoms with Crippen LogP contribution in [0.5, 0.6) is 0 Å². The van der Waals surface area contributed by atoms with Crippen molar-refractivity contribution in [3.8, 4) is 45.0 Å². The van der Waals surface area contributed by atoms with Crippen LogP contribution in [0.4, 0.5) is 0 Å². The molecule has 46 heavy (non-hydrogen) atoms. The van der Waals surface area contributed by atoms with Crippen molar-refractivity contribution in [2.24, 2.45) is 0 Å². The lowest BCUT2D eigenvalue weighted by Gasteiger charge is -2.26. The Kier molecular flexibility index (Phi) is 8.98. The Morgan fingerprint density at radius 1 is 0.543 bits per heavy atom. The lowest BCUT2D eigenvalue weighted by Crippen LogP contribution is -2.18. The highest BCUT2D eigenvalue weighted by atomic mass is 14.9. The van der Waals surface area contributed by atoms with Crippen molar-refractivity contribution in [3.05, 3.63) is 187 Å². The van der Waals surface area contributed by atoms with E-state index in [-0.39, 0.29) is 5.41 Å². The number of nitrogens with zero attached hydrogens (tertiary/aromatic N) is 2. The largest absolute Gasteiger partial charge is 0.228 e. The molecule has 6 rings (SSSR count). The minimum Gasteiger partial charge on any atom is -0.228 e. The summed E-state index contributed by atoms with van der Waals surface area (Å²) in [6.45, 7) is 11.0. The maximum absolute atomic E-state index is 4.99. The van der Waals surface area contributed by atoms with Gasteiger partial charge in [-0.2, -0.15) is 0 Å². The third-order valence-corrected chi connectivity index (χ3v) is 8.61. The Morgan fingerprint density at radius 2 is 1.07 bits per heavy atom. The van der Waals surface area contributed by atoms with Crippen LogP contribution < -0.4 is 0 Å². The molecule has 0 atom stereocenters. The van der Waals surface area contributed by atoms with Crippen molar-refractivity contribution >= 4 is 5.57 Å². The molecule has 0 aliphatic rings. The van der Waals surface area contributed by atoms with Gasteiger partial charge in [-0.1, -0.05) is 172 Å². The summed E-state index contributed by atoms with van der Waals surface area (Å²) < 4.78 is 0. The SMILES string of the molecule is C=C(/C=C\C(=C/C)c1cccc(-c2ccccc2)c1)C(C)(C)c1ccc(-c2cc(-c3ccccc3)nc(-c3ccccc3)n2)cc1. The first-order chi connectivity index (χ1) is 22.4. The van der Waals surface area contributed by atoms with E-state index in [1.807, 2.05) is 42.5 Å². The molecule has 0 saturated heterocycles. The van der Waals surface area contributed by atoms with Gasteiger partial charge in [0.15, 0.2) is 5.82 Å². The smallest absolute Gasteiger partial charge is 0.160 e. The maximum atomic E-state index is 4.99. The van der Waals surface area contributed by atoms with Crippen molar-refractivity contribution in [3.63, 3.8) is 0 Å². The van der Waals surface area contributed by atoms with Crippen LogP contribution in [0.2, 0.25) is 0 Å². The molecule has 0 amide bonds. The van der Waals surface area contributed by atoms with Crippen LogP contribution in [0.15, 0.2) is 176 Å². The molecule has 2 heteroatoms. The van der Waals surface area contributed by atoms with Crippen molar-refractivity contribution in [2.75, 3.05) is 0 Å². The Hall–Kier alpha value is -5.60. The fourth-order valence-electron chi connectivity index (χ4n) is 5.58. The van der Waals surface area contributed by atoms with Crippen LogP contribution in [0.1, 0.15) is 31.9 Å². The van der Waals surface area contributed by atoms with Gasteiger partial charge in [0.1, 0.15) is 0 Å². The number of rotatable bonds is 9. The Labute approximate surface area is 273 Å². The Balaban J connectivity index is 1.25. The van der Waals surface area contributed by atoms with E-state index >= 15 is 0 Å². The van der Waals surface area contributed by atoms with E-state index in [4.69, 9.17) is 9.97 Å². The van der Waals surface area contributed by atoms with Gasteiger partial charge in [0.25, 0.3) is 0 Å². The van der Waals surface area contributed by atoms with E-state index < -0.39 is 0 Å². The minimum absolute atomic E-state index is 0.268. The van der Waals surface area contributed by atoms with Gasteiger partial charge in [-0.05, 0) is 52.5 Å². The third-order valence-electron chi connectivity index (χ3n) is 8.61. The number of hydrogen-bond donors (Lipinski definition) is 0. The number of aromatic nitrogens is 2. The van der Waals surface area contributed by atoms with Crippen molar-refractivity contribution < 1.29 is 0 Å². The topological polar surface area (TPSA) is 25.8 Å². The Morgan fingerprint density at radius 3 is 1.65 bits per heavy atom. The molecular formula is C44H38N2. The summed E-state index contributed by atoms with van der Waals surface area (Å²) in [5.74, 6) is 0.717. The predicted molar refractivity (Wildman–Crippen MR) is 195 cm³/mol. The van der Waals surface area contributed by atoms with E-state index in [2.05, 4.69) is 149 Å². The first kappa shape index (κ1) is 30.4. The van der Waals surface area contributed by atoms with Gasteiger partial charge in [-0.3, -0.25) is 0 Å². The molecule has 0 radical (unpaired) electrons. The zero-order valence-corrected chi connectivity index (χ0v) is 26.7. The molecular weight excluding hydrogens is 556 g/mol. The fraction of sp³-hybridized carbons (Fsp3) is 0.0909. The van der Waals surface area contributed by atoms with Crippen molar-refractivity contribution in [1.82, 2.24) is 9.97 Å². The first-order valence-electron chi connectivity index (χ1n) is 15.7. The highest BCUT2D eigenvalue weighted by molar-refractivity contribution is 5.78. The van der Waals surface area contributed by atoms with Crippen LogP contribution in [0, 0.1) is 0 Å².